The molecule has 0 spiro atoms. The Labute approximate surface area is 182 Å². The molecule has 2 amide bonds. The van der Waals surface area contributed by atoms with Gasteiger partial charge < -0.3 is 19.1 Å². The van der Waals surface area contributed by atoms with Crippen molar-refractivity contribution in [3.8, 4) is 0 Å². The number of nitrogens with zero attached hydrogens (tertiary/aromatic N) is 4. The number of piperidine rings is 1. The van der Waals surface area contributed by atoms with Crippen LogP contribution in [0, 0.1) is 0 Å². The van der Waals surface area contributed by atoms with E-state index in [0.717, 1.165) is 12.1 Å². The van der Waals surface area contributed by atoms with Gasteiger partial charge in [-0.25, -0.2) is 9.18 Å². The number of hydrogen-bond acceptors (Lipinski definition) is 5. The second-order valence-electron chi connectivity index (χ2n) is 8.14. The molecular weight excluding hydrogens is 432 g/mol. The third-order valence-corrected chi connectivity index (χ3v) is 5.88. The van der Waals surface area contributed by atoms with Crippen LogP contribution in [0.15, 0.2) is 28.8 Å². The summed E-state index contributed by atoms with van der Waals surface area (Å²) < 4.78 is 62.8. The third-order valence-electron chi connectivity index (χ3n) is 5.88. The Balaban J connectivity index is 1.59. The number of carbonyl (C=O) groups excluding carboxylic acids is 1. The normalized spacial score (nSPS) is 23.3. The van der Waals surface area contributed by atoms with E-state index in [2.05, 4.69) is 10.1 Å². The molecule has 2 unspecified atom stereocenters. The maximum absolute atomic E-state index is 13.6. The van der Waals surface area contributed by atoms with Crippen LogP contribution in [-0.4, -0.2) is 65.4 Å². The van der Waals surface area contributed by atoms with Crippen LogP contribution >= 0.6 is 0 Å². The number of alkyl halides is 4. The number of carbonyl (C=O) groups is 1. The summed E-state index contributed by atoms with van der Waals surface area (Å²) in [6.07, 6.45) is -5.34. The molecule has 174 valence electrons. The van der Waals surface area contributed by atoms with Gasteiger partial charge in [0.05, 0.1) is 18.8 Å². The van der Waals surface area contributed by atoms with Crippen molar-refractivity contribution in [2.45, 2.75) is 37.5 Å². The second-order valence-corrected chi connectivity index (χ2v) is 8.14. The van der Waals surface area contributed by atoms with E-state index in [9.17, 15) is 22.4 Å². The van der Waals surface area contributed by atoms with E-state index >= 15 is 0 Å². The maximum atomic E-state index is 13.6. The Kier molecular flexibility index (Phi) is 6.36. The quantitative estimate of drug-likeness (QED) is 0.649. The minimum Gasteiger partial charge on any atom is -0.378 e. The summed E-state index contributed by atoms with van der Waals surface area (Å²) in [6.45, 7) is 3.79. The van der Waals surface area contributed by atoms with Crippen molar-refractivity contribution in [2.75, 3.05) is 39.4 Å². The highest BCUT2D eigenvalue weighted by Crippen LogP contribution is 2.37. The number of halogens is 4. The van der Waals surface area contributed by atoms with Gasteiger partial charge in [0, 0.05) is 38.0 Å². The van der Waals surface area contributed by atoms with E-state index < -0.39 is 17.9 Å². The zero-order valence-electron chi connectivity index (χ0n) is 17.5. The first-order valence-corrected chi connectivity index (χ1v) is 10.5. The first kappa shape index (κ1) is 22.5. The number of rotatable bonds is 3. The summed E-state index contributed by atoms with van der Waals surface area (Å²) in [4.78, 5) is 20.6. The fraction of sp³-hybridized carbons (Fsp3) is 0.571. The van der Waals surface area contributed by atoms with Crippen molar-refractivity contribution >= 4 is 6.03 Å². The van der Waals surface area contributed by atoms with Gasteiger partial charge in [-0.3, -0.25) is 0 Å². The van der Waals surface area contributed by atoms with Crippen molar-refractivity contribution in [2.24, 2.45) is 0 Å². The average molecular weight is 456 g/mol. The van der Waals surface area contributed by atoms with E-state index in [1.165, 1.54) is 19.1 Å². The zero-order chi connectivity index (χ0) is 22.9. The third kappa shape index (κ3) is 4.87. The summed E-state index contributed by atoms with van der Waals surface area (Å²) in [5.41, 5.74) is -0.0420. The number of likely N-dealkylation sites (tertiary alicyclic amines) is 1. The van der Waals surface area contributed by atoms with Crippen LogP contribution in [0.4, 0.5) is 22.4 Å². The van der Waals surface area contributed by atoms with Crippen LogP contribution < -0.4 is 0 Å². The van der Waals surface area contributed by atoms with Gasteiger partial charge in [-0.1, -0.05) is 17.3 Å². The lowest BCUT2D eigenvalue weighted by Gasteiger charge is -2.40. The van der Waals surface area contributed by atoms with E-state index in [1.54, 1.807) is 9.80 Å². The van der Waals surface area contributed by atoms with Gasteiger partial charge in [-0.2, -0.15) is 18.2 Å². The molecule has 2 aliphatic heterocycles. The summed E-state index contributed by atoms with van der Waals surface area (Å²) in [6, 6.07) is 4.81. The van der Waals surface area contributed by atoms with E-state index in [4.69, 9.17) is 9.26 Å². The molecule has 2 fully saturated rings. The topological polar surface area (TPSA) is 71.7 Å². The molecule has 7 nitrogen and oxygen atoms in total. The molecule has 0 aliphatic carbocycles. The molecule has 3 heterocycles. The van der Waals surface area contributed by atoms with Crippen LogP contribution in [0.5, 0.6) is 0 Å². The monoisotopic (exact) mass is 456 g/mol. The fourth-order valence-electron chi connectivity index (χ4n) is 4.16. The summed E-state index contributed by atoms with van der Waals surface area (Å²) in [5, 5.41) is 3.90. The van der Waals surface area contributed by atoms with Crippen molar-refractivity contribution in [3.05, 3.63) is 47.1 Å². The van der Waals surface area contributed by atoms with Crippen LogP contribution in [-0.2, 0) is 10.9 Å². The standard InChI is InChI=1S/C21H24F4N4O3/c1-13(22)19-26-18(27-32-19)16-10-15(14-2-4-17(5-3-14)21(23,24)25)11-29(12-16)20(30)28-6-8-31-9-7-28/h2-5,13,15-16H,6-12H2,1H3/t13-,15?,16?/m1/s1. The predicted octanol–water partition coefficient (Wildman–Crippen LogP) is 4.14. The number of ether oxygens (including phenoxy) is 1. The highest BCUT2D eigenvalue weighted by molar-refractivity contribution is 5.75. The van der Waals surface area contributed by atoms with E-state index in [1.807, 2.05) is 0 Å². The maximum Gasteiger partial charge on any atom is 0.416 e. The molecule has 3 atom stereocenters. The summed E-state index contributed by atoms with van der Waals surface area (Å²) >= 11 is 0. The Morgan fingerprint density at radius 3 is 2.34 bits per heavy atom. The number of amides is 2. The highest BCUT2D eigenvalue weighted by atomic mass is 19.4. The number of aromatic nitrogens is 2. The first-order valence-electron chi connectivity index (χ1n) is 10.5. The van der Waals surface area contributed by atoms with Crippen LogP contribution in [0.25, 0.3) is 0 Å². The average Bonchev–Trinajstić information content (AvgIpc) is 3.29. The molecule has 1 aromatic carbocycles. The minimum atomic E-state index is -4.42. The van der Waals surface area contributed by atoms with Crippen LogP contribution in [0.2, 0.25) is 0 Å². The van der Waals surface area contributed by atoms with Gasteiger partial charge >= 0.3 is 12.2 Å². The second kappa shape index (κ2) is 9.05. The molecule has 1 aromatic heterocycles. The summed E-state index contributed by atoms with van der Waals surface area (Å²) in [5.74, 6) is -0.411. The highest BCUT2D eigenvalue weighted by Gasteiger charge is 2.37. The van der Waals surface area contributed by atoms with Gasteiger partial charge in [0.15, 0.2) is 12.0 Å². The van der Waals surface area contributed by atoms with E-state index in [0.29, 0.717) is 57.2 Å². The molecule has 2 aromatic rings. The molecule has 0 saturated carbocycles. The molecule has 2 aliphatic rings. The van der Waals surface area contributed by atoms with Gasteiger partial charge in [0.25, 0.3) is 5.89 Å². The Hall–Kier alpha value is -2.69. The van der Waals surface area contributed by atoms with Gasteiger partial charge in [0.2, 0.25) is 0 Å². The zero-order valence-corrected chi connectivity index (χ0v) is 17.5. The van der Waals surface area contributed by atoms with Crippen LogP contribution in [0.1, 0.15) is 54.2 Å². The van der Waals surface area contributed by atoms with Crippen molar-refractivity contribution < 1.29 is 31.6 Å². The van der Waals surface area contributed by atoms with Crippen molar-refractivity contribution in [3.63, 3.8) is 0 Å². The Morgan fingerprint density at radius 2 is 1.75 bits per heavy atom. The number of urea groups is 1. The van der Waals surface area contributed by atoms with Crippen LogP contribution in [0.3, 0.4) is 0 Å². The SMILES string of the molecule is C[C@@H](F)c1nc(C2CC(c3ccc(C(F)(F)F)cc3)CN(C(=O)N3CCOCC3)C2)no1. The Bertz CT molecular complexity index is 926. The minimum absolute atomic E-state index is 0.136. The van der Waals surface area contributed by atoms with Crippen molar-refractivity contribution in [1.29, 1.82) is 0 Å². The predicted molar refractivity (Wildman–Crippen MR) is 105 cm³/mol. The molecular formula is C21H24F4N4O3. The number of morpholine rings is 1. The first-order chi connectivity index (χ1) is 15.2. The lowest BCUT2D eigenvalue weighted by atomic mass is 9.84. The number of hydrogen-bond donors (Lipinski definition) is 0. The molecule has 11 heteroatoms. The fourth-order valence-corrected chi connectivity index (χ4v) is 4.16. The van der Waals surface area contributed by atoms with Gasteiger partial charge in [-0.15, -0.1) is 0 Å². The van der Waals surface area contributed by atoms with E-state index in [-0.39, 0.29) is 23.8 Å². The lowest BCUT2D eigenvalue weighted by Crippen LogP contribution is -2.52. The molecule has 0 N–H and O–H groups in total. The van der Waals surface area contributed by atoms with Gasteiger partial charge in [-0.05, 0) is 31.0 Å². The molecule has 0 bridgehead atoms. The van der Waals surface area contributed by atoms with Gasteiger partial charge in [0.1, 0.15) is 0 Å². The molecule has 0 radical (unpaired) electrons. The Morgan fingerprint density at radius 1 is 1.09 bits per heavy atom. The smallest absolute Gasteiger partial charge is 0.378 e. The van der Waals surface area contributed by atoms with Crippen molar-refractivity contribution in [1.82, 2.24) is 19.9 Å². The largest absolute Gasteiger partial charge is 0.416 e. The molecule has 2 saturated heterocycles. The summed E-state index contributed by atoms with van der Waals surface area (Å²) in [7, 11) is 0. The molecule has 32 heavy (non-hydrogen) atoms. The molecule has 4 rings (SSSR count). The number of benzene rings is 1. The lowest BCUT2D eigenvalue weighted by molar-refractivity contribution is -0.137.